The number of aromatic nitrogens is 3. The largest absolute Gasteiger partial charge is 0.296 e. The van der Waals surface area contributed by atoms with Crippen LogP contribution in [0.5, 0.6) is 0 Å². The number of hydrogen-bond acceptors (Lipinski definition) is 4. The van der Waals surface area contributed by atoms with Crippen LogP contribution in [0.15, 0.2) is 23.4 Å². The van der Waals surface area contributed by atoms with Crippen molar-refractivity contribution in [3.8, 4) is 11.4 Å². The molecule has 2 aromatic rings. The highest BCUT2D eigenvalue weighted by Gasteiger charge is 2.25. The van der Waals surface area contributed by atoms with Gasteiger partial charge in [-0.15, -0.1) is 10.2 Å². The van der Waals surface area contributed by atoms with Gasteiger partial charge in [0.1, 0.15) is 5.82 Å². The Morgan fingerprint density at radius 2 is 2.00 bits per heavy atom. The number of nitrogens with zero attached hydrogens (tertiary/aromatic N) is 3. The minimum atomic E-state index is -4.00. The molecule has 0 aliphatic rings. The molecule has 1 aromatic heterocycles. The van der Waals surface area contributed by atoms with Crippen LogP contribution in [0.2, 0.25) is 0 Å². The molecule has 1 aromatic carbocycles. The van der Waals surface area contributed by atoms with Crippen molar-refractivity contribution in [3.63, 3.8) is 0 Å². The lowest BCUT2D eigenvalue weighted by atomic mass is 10.2. The van der Waals surface area contributed by atoms with Gasteiger partial charge in [-0.25, -0.2) is 12.8 Å². The predicted molar refractivity (Wildman–Crippen MR) is 81.6 cm³/mol. The SMILES string of the molecule is CC(C)n1c(-c2ccc(F)cc2I)nnc1S(=O)(=O)Cl. The van der Waals surface area contributed by atoms with E-state index in [1.807, 2.05) is 22.6 Å². The van der Waals surface area contributed by atoms with Gasteiger partial charge in [-0.3, -0.25) is 4.57 Å². The molecule has 0 saturated carbocycles. The number of rotatable bonds is 3. The summed E-state index contributed by atoms with van der Waals surface area (Å²) in [4.78, 5) is 0. The van der Waals surface area contributed by atoms with E-state index in [2.05, 4.69) is 10.2 Å². The summed E-state index contributed by atoms with van der Waals surface area (Å²) in [5, 5.41) is 7.22. The van der Waals surface area contributed by atoms with E-state index in [4.69, 9.17) is 10.7 Å². The number of hydrogen-bond donors (Lipinski definition) is 0. The van der Waals surface area contributed by atoms with Gasteiger partial charge in [0.05, 0.1) is 0 Å². The zero-order chi connectivity index (χ0) is 15.1. The standard InChI is InChI=1S/C11H10ClFIN3O2S/c1-6(2)17-10(15-16-11(17)20(12,18)19)8-4-3-7(13)5-9(8)14/h3-6H,1-2H3. The molecule has 0 fully saturated rings. The monoisotopic (exact) mass is 429 g/mol. The zero-order valence-electron chi connectivity index (χ0n) is 10.5. The Labute approximate surface area is 133 Å². The minimum absolute atomic E-state index is 0.218. The fourth-order valence-electron chi connectivity index (χ4n) is 1.76. The molecule has 0 amide bonds. The maximum Gasteiger partial charge on any atom is 0.296 e. The summed E-state index contributed by atoms with van der Waals surface area (Å²) in [7, 11) is 1.36. The molecule has 2 rings (SSSR count). The molecule has 1 heterocycles. The molecule has 0 aliphatic carbocycles. The van der Waals surface area contributed by atoms with Crippen LogP contribution < -0.4 is 0 Å². The fraction of sp³-hybridized carbons (Fsp3) is 0.273. The van der Waals surface area contributed by atoms with Gasteiger partial charge in [0, 0.05) is 25.9 Å². The Morgan fingerprint density at radius 3 is 2.50 bits per heavy atom. The molecule has 5 nitrogen and oxygen atoms in total. The van der Waals surface area contributed by atoms with Gasteiger partial charge in [0.25, 0.3) is 14.2 Å². The molecular formula is C11H10ClFIN3O2S. The summed E-state index contributed by atoms with van der Waals surface area (Å²) in [5.74, 6) is -0.0393. The summed E-state index contributed by atoms with van der Waals surface area (Å²) in [6.07, 6.45) is 0. The molecule has 0 saturated heterocycles. The van der Waals surface area contributed by atoms with E-state index >= 15 is 0 Å². The quantitative estimate of drug-likeness (QED) is 0.555. The maximum absolute atomic E-state index is 13.2. The van der Waals surface area contributed by atoms with Crippen LogP contribution in [0.1, 0.15) is 19.9 Å². The highest BCUT2D eigenvalue weighted by Crippen LogP contribution is 2.29. The van der Waals surface area contributed by atoms with Crippen molar-refractivity contribution in [3.05, 3.63) is 27.6 Å². The molecule has 0 spiro atoms. The van der Waals surface area contributed by atoms with Gasteiger partial charge >= 0.3 is 0 Å². The van der Waals surface area contributed by atoms with Gasteiger partial charge in [0.2, 0.25) is 0 Å². The van der Waals surface area contributed by atoms with E-state index in [0.717, 1.165) is 0 Å². The van der Waals surface area contributed by atoms with E-state index in [9.17, 15) is 12.8 Å². The smallest absolute Gasteiger partial charge is 0.294 e. The van der Waals surface area contributed by atoms with Crippen LogP contribution in [0.4, 0.5) is 4.39 Å². The van der Waals surface area contributed by atoms with Crippen LogP contribution in [-0.4, -0.2) is 23.2 Å². The first-order valence-electron chi connectivity index (χ1n) is 5.57. The summed E-state index contributed by atoms with van der Waals surface area (Å²) >= 11 is 1.96. The number of benzene rings is 1. The van der Waals surface area contributed by atoms with Crippen molar-refractivity contribution >= 4 is 42.3 Å². The lowest BCUT2D eigenvalue weighted by Crippen LogP contribution is -2.10. The molecule has 9 heteroatoms. The van der Waals surface area contributed by atoms with E-state index < -0.39 is 9.05 Å². The van der Waals surface area contributed by atoms with Gasteiger partial charge in [0.15, 0.2) is 5.82 Å². The van der Waals surface area contributed by atoms with E-state index in [1.165, 1.54) is 22.8 Å². The second-order valence-corrected chi connectivity index (χ2v) is 7.95. The summed E-state index contributed by atoms with van der Waals surface area (Å²) < 4.78 is 38.2. The van der Waals surface area contributed by atoms with Crippen LogP contribution in [0.3, 0.4) is 0 Å². The third-order valence-corrected chi connectivity index (χ3v) is 4.59. The van der Waals surface area contributed by atoms with Crippen molar-refractivity contribution < 1.29 is 12.8 Å². The third-order valence-electron chi connectivity index (χ3n) is 2.57. The van der Waals surface area contributed by atoms with E-state index in [0.29, 0.717) is 15.0 Å². The molecule has 20 heavy (non-hydrogen) atoms. The predicted octanol–water partition coefficient (Wildman–Crippen LogP) is 3.20. The highest BCUT2D eigenvalue weighted by atomic mass is 127. The van der Waals surface area contributed by atoms with Crippen LogP contribution in [0, 0.1) is 9.39 Å². The Balaban J connectivity index is 2.73. The Kier molecular flexibility index (Phi) is 4.35. The van der Waals surface area contributed by atoms with Crippen molar-refractivity contribution in [1.82, 2.24) is 14.8 Å². The first-order chi connectivity index (χ1) is 9.21. The van der Waals surface area contributed by atoms with Crippen LogP contribution in [0.25, 0.3) is 11.4 Å². The molecule has 0 radical (unpaired) electrons. The van der Waals surface area contributed by atoms with Gasteiger partial charge in [-0.2, -0.15) is 0 Å². The van der Waals surface area contributed by atoms with E-state index in [1.54, 1.807) is 13.8 Å². The molecule has 0 aliphatic heterocycles. The summed E-state index contributed by atoms with van der Waals surface area (Å²) in [6.45, 7) is 3.57. The normalized spacial score (nSPS) is 12.1. The van der Waals surface area contributed by atoms with E-state index in [-0.39, 0.29) is 17.0 Å². The summed E-state index contributed by atoms with van der Waals surface area (Å²) in [5.41, 5.74) is 0.597. The third kappa shape index (κ3) is 2.96. The first-order valence-corrected chi connectivity index (χ1v) is 8.95. The van der Waals surface area contributed by atoms with Crippen molar-refractivity contribution in [2.24, 2.45) is 0 Å². The Bertz CT molecular complexity index is 761. The number of halogens is 3. The van der Waals surface area contributed by atoms with Crippen molar-refractivity contribution in [1.29, 1.82) is 0 Å². The molecule has 0 unspecified atom stereocenters. The van der Waals surface area contributed by atoms with Crippen molar-refractivity contribution in [2.75, 3.05) is 0 Å². The van der Waals surface area contributed by atoms with Crippen molar-refractivity contribution in [2.45, 2.75) is 25.0 Å². The molecule has 0 atom stereocenters. The molecule has 0 N–H and O–H groups in total. The van der Waals surface area contributed by atoms with Gasteiger partial charge in [-0.1, -0.05) is 0 Å². The lowest BCUT2D eigenvalue weighted by Gasteiger charge is -2.13. The topological polar surface area (TPSA) is 64.8 Å². The average molecular weight is 430 g/mol. The van der Waals surface area contributed by atoms with Crippen LogP contribution in [-0.2, 0) is 9.05 Å². The second-order valence-electron chi connectivity index (χ2n) is 4.33. The maximum atomic E-state index is 13.2. The molecular weight excluding hydrogens is 420 g/mol. The van der Waals surface area contributed by atoms with Crippen LogP contribution >= 0.6 is 33.3 Å². The fourth-order valence-corrected chi connectivity index (χ4v) is 3.47. The first kappa shape index (κ1) is 15.6. The summed E-state index contributed by atoms with van der Waals surface area (Å²) in [6, 6.07) is 3.94. The van der Waals surface area contributed by atoms with Gasteiger partial charge in [-0.05, 0) is 54.6 Å². The Morgan fingerprint density at radius 1 is 1.35 bits per heavy atom. The average Bonchev–Trinajstić information content (AvgIpc) is 2.72. The zero-order valence-corrected chi connectivity index (χ0v) is 14.2. The van der Waals surface area contributed by atoms with Gasteiger partial charge < -0.3 is 0 Å². The molecule has 0 bridgehead atoms. The second kappa shape index (κ2) is 5.57. The highest BCUT2D eigenvalue weighted by molar-refractivity contribution is 14.1. The Hall–Kier alpha value is -0.740. The molecule has 108 valence electrons. The lowest BCUT2D eigenvalue weighted by molar-refractivity contribution is 0.530. The minimum Gasteiger partial charge on any atom is -0.294 e.